The van der Waals surface area contributed by atoms with Crippen LogP contribution < -0.4 is 10.6 Å². The van der Waals surface area contributed by atoms with Gasteiger partial charge in [-0.15, -0.1) is 11.8 Å². The van der Waals surface area contributed by atoms with Crippen molar-refractivity contribution in [1.82, 2.24) is 20.4 Å². The molecule has 0 saturated carbocycles. The third kappa shape index (κ3) is 4.26. The predicted molar refractivity (Wildman–Crippen MR) is 121 cm³/mol. The van der Waals surface area contributed by atoms with Crippen molar-refractivity contribution in [3.8, 4) is 0 Å². The van der Waals surface area contributed by atoms with Gasteiger partial charge < -0.3 is 30.3 Å². The minimum atomic E-state index is -1.12. The Balaban J connectivity index is 1.45. The van der Waals surface area contributed by atoms with Gasteiger partial charge in [-0.05, 0) is 26.2 Å². The van der Waals surface area contributed by atoms with Crippen LogP contribution in [0.2, 0.25) is 0 Å². The maximum Gasteiger partial charge on any atom is 0.353 e. The zero-order valence-electron chi connectivity index (χ0n) is 19.4. The zero-order chi connectivity index (χ0) is 24.0. The Kier molecular flexibility index (Phi) is 6.75. The second-order valence-corrected chi connectivity index (χ2v) is 10.8. The first-order valence-corrected chi connectivity index (χ1v) is 12.3. The van der Waals surface area contributed by atoms with Crippen LogP contribution in [0.3, 0.4) is 0 Å². The van der Waals surface area contributed by atoms with Crippen molar-refractivity contribution in [3.05, 3.63) is 10.6 Å². The molecule has 3 N–H and O–H groups in total. The van der Waals surface area contributed by atoms with Crippen LogP contribution in [0.5, 0.6) is 0 Å². The number of thioether (sulfide) groups is 1. The first kappa shape index (κ1) is 24.0. The zero-order valence-corrected chi connectivity index (χ0v) is 20.2. The van der Waals surface area contributed by atoms with Gasteiger partial charge in [-0.25, -0.2) is 4.79 Å². The van der Waals surface area contributed by atoms with E-state index in [9.17, 15) is 24.3 Å². The summed E-state index contributed by atoms with van der Waals surface area (Å²) in [4.78, 5) is 53.5. The van der Waals surface area contributed by atoms with Gasteiger partial charge in [-0.2, -0.15) is 0 Å². The SMILES string of the molecule is C[C@@H](NC(=O)C1CCCO1)[C@H]1C(=O)N2C(C(=O)O)=C(S[C@@H]3CN[C@H](C(=O)N(C)C)C3)[C@H](C)[C@H]12. The summed E-state index contributed by atoms with van der Waals surface area (Å²) in [5.74, 6) is -2.27. The summed E-state index contributed by atoms with van der Waals surface area (Å²) >= 11 is 1.45. The van der Waals surface area contributed by atoms with Gasteiger partial charge in [0.05, 0.1) is 18.0 Å². The molecule has 4 aliphatic heterocycles. The molecule has 0 spiro atoms. The summed E-state index contributed by atoms with van der Waals surface area (Å²) < 4.78 is 5.43. The Morgan fingerprint density at radius 3 is 2.67 bits per heavy atom. The second-order valence-electron chi connectivity index (χ2n) is 9.50. The molecule has 3 amide bonds. The van der Waals surface area contributed by atoms with Gasteiger partial charge in [-0.3, -0.25) is 14.4 Å². The molecule has 11 heteroatoms. The highest BCUT2D eigenvalue weighted by Gasteiger charge is 2.60. The molecule has 3 saturated heterocycles. The lowest BCUT2D eigenvalue weighted by atomic mass is 9.78. The number of carboxylic acids is 1. The average molecular weight is 481 g/mol. The highest BCUT2D eigenvalue weighted by atomic mass is 32.2. The topological polar surface area (TPSA) is 128 Å². The van der Waals surface area contributed by atoms with Crippen molar-refractivity contribution < 1.29 is 29.0 Å². The molecular formula is C22H32N4O6S. The first-order valence-electron chi connectivity index (χ1n) is 11.5. The van der Waals surface area contributed by atoms with Crippen LogP contribution in [-0.2, 0) is 23.9 Å². The number of fused-ring (bicyclic) bond motifs is 1. The van der Waals surface area contributed by atoms with Crippen LogP contribution >= 0.6 is 11.8 Å². The molecule has 4 aliphatic rings. The summed E-state index contributed by atoms with van der Waals surface area (Å²) in [5, 5.41) is 16.1. The van der Waals surface area contributed by atoms with Crippen molar-refractivity contribution in [2.75, 3.05) is 27.2 Å². The van der Waals surface area contributed by atoms with Gasteiger partial charge in [0.15, 0.2) is 0 Å². The third-order valence-corrected chi connectivity index (χ3v) is 8.56. The summed E-state index contributed by atoms with van der Waals surface area (Å²) in [5.41, 5.74) is 0.0405. The molecule has 0 aromatic rings. The minimum Gasteiger partial charge on any atom is -0.477 e. The molecule has 4 heterocycles. The van der Waals surface area contributed by atoms with E-state index in [2.05, 4.69) is 10.6 Å². The minimum absolute atomic E-state index is 0.000113. The number of rotatable bonds is 7. The van der Waals surface area contributed by atoms with E-state index in [1.807, 2.05) is 6.92 Å². The Bertz CT molecular complexity index is 886. The van der Waals surface area contributed by atoms with Crippen molar-refractivity contribution in [1.29, 1.82) is 0 Å². The third-order valence-electron chi connectivity index (χ3n) is 7.05. The van der Waals surface area contributed by atoms with Crippen LogP contribution in [0.4, 0.5) is 0 Å². The Morgan fingerprint density at radius 1 is 1.33 bits per heavy atom. The van der Waals surface area contributed by atoms with E-state index >= 15 is 0 Å². The number of carbonyl (C=O) groups is 4. The Hall–Kier alpha value is -2.11. The summed E-state index contributed by atoms with van der Waals surface area (Å²) in [6.07, 6.45) is 1.62. The normalized spacial score (nSPS) is 34.2. The van der Waals surface area contributed by atoms with Crippen LogP contribution in [-0.4, -0.2) is 95.3 Å². The van der Waals surface area contributed by atoms with E-state index in [0.717, 1.165) is 6.42 Å². The predicted octanol–water partition coefficient (Wildman–Crippen LogP) is -0.00510. The molecule has 0 bridgehead atoms. The lowest BCUT2D eigenvalue weighted by Gasteiger charge is -2.47. The molecule has 182 valence electrons. The summed E-state index contributed by atoms with van der Waals surface area (Å²) in [6, 6.07) is -1.02. The highest BCUT2D eigenvalue weighted by Crippen LogP contribution is 2.51. The first-order chi connectivity index (χ1) is 15.6. The molecule has 33 heavy (non-hydrogen) atoms. The van der Waals surface area contributed by atoms with E-state index < -0.39 is 24.0 Å². The van der Waals surface area contributed by atoms with Gasteiger partial charge in [0.25, 0.3) is 0 Å². The molecule has 7 atom stereocenters. The fourth-order valence-electron chi connectivity index (χ4n) is 5.36. The van der Waals surface area contributed by atoms with Crippen molar-refractivity contribution in [2.24, 2.45) is 11.8 Å². The smallest absolute Gasteiger partial charge is 0.353 e. The molecule has 10 nitrogen and oxygen atoms in total. The quantitative estimate of drug-likeness (QED) is 0.434. The number of aliphatic carboxylic acids is 1. The van der Waals surface area contributed by atoms with Gasteiger partial charge in [0, 0.05) is 49.4 Å². The average Bonchev–Trinajstić information content (AvgIpc) is 3.48. The number of ether oxygens (including phenoxy) is 1. The lowest BCUT2D eigenvalue weighted by molar-refractivity contribution is -0.159. The Morgan fingerprint density at radius 2 is 2.06 bits per heavy atom. The molecule has 0 radical (unpaired) electrons. The molecule has 0 aliphatic carbocycles. The van der Waals surface area contributed by atoms with Crippen LogP contribution in [0.25, 0.3) is 0 Å². The van der Waals surface area contributed by atoms with Crippen LogP contribution in [0.15, 0.2) is 10.6 Å². The fourth-order valence-corrected chi connectivity index (χ4v) is 6.84. The number of likely N-dealkylation sites (N-methyl/N-ethyl adjacent to an activating group) is 1. The lowest BCUT2D eigenvalue weighted by Crippen LogP contribution is -2.66. The number of hydrogen-bond donors (Lipinski definition) is 3. The Labute approximate surface area is 197 Å². The van der Waals surface area contributed by atoms with Crippen molar-refractivity contribution in [3.63, 3.8) is 0 Å². The molecule has 1 unspecified atom stereocenters. The molecule has 0 aromatic carbocycles. The number of nitrogens with one attached hydrogen (secondary N) is 2. The standard InChI is InChI=1S/C22H32N4O6S/c1-10-16-15(11(2)24-19(27)14-6-5-7-32-14)21(29)26(16)17(22(30)31)18(10)33-12-8-13(23-9-12)20(28)25(3)4/h10-16,23H,5-9H2,1-4H3,(H,24,27)(H,30,31)/t10-,11-,12+,13+,14?,15-,16-/m1/s1. The maximum atomic E-state index is 13.0. The largest absolute Gasteiger partial charge is 0.477 e. The molecule has 3 fully saturated rings. The summed E-state index contributed by atoms with van der Waals surface area (Å²) in [7, 11) is 3.42. The van der Waals surface area contributed by atoms with E-state index in [1.165, 1.54) is 16.7 Å². The number of β-lactam (4-membered cyclic amide) rings is 1. The molecule has 4 rings (SSSR count). The number of carbonyl (C=O) groups excluding carboxylic acids is 3. The van der Waals surface area contributed by atoms with Crippen molar-refractivity contribution in [2.45, 2.75) is 62.6 Å². The van der Waals surface area contributed by atoms with E-state index in [4.69, 9.17) is 4.74 Å². The van der Waals surface area contributed by atoms with Crippen LogP contribution in [0.1, 0.15) is 33.1 Å². The van der Waals surface area contributed by atoms with Gasteiger partial charge in [-0.1, -0.05) is 6.92 Å². The summed E-state index contributed by atoms with van der Waals surface area (Å²) in [6.45, 7) is 4.89. The monoisotopic (exact) mass is 480 g/mol. The van der Waals surface area contributed by atoms with E-state index in [1.54, 1.807) is 25.9 Å². The van der Waals surface area contributed by atoms with E-state index in [-0.39, 0.29) is 46.7 Å². The van der Waals surface area contributed by atoms with E-state index in [0.29, 0.717) is 30.9 Å². The van der Waals surface area contributed by atoms with Crippen molar-refractivity contribution >= 4 is 35.5 Å². The van der Waals surface area contributed by atoms with Gasteiger partial charge >= 0.3 is 5.97 Å². The van der Waals surface area contributed by atoms with Gasteiger partial charge in [0.2, 0.25) is 17.7 Å². The molecular weight excluding hydrogens is 448 g/mol. The van der Waals surface area contributed by atoms with Crippen LogP contribution in [0, 0.1) is 11.8 Å². The fraction of sp³-hybridized carbons (Fsp3) is 0.727. The van der Waals surface area contributed by atoms with Gasteiger partial charge in [0.1, 0.15) is 11.8 Å². The molecule has 0 aromatic heterocycles. The number of amides is 3. The number of nitrogens with zero attached hydrogens (tertiary/aromatic N) is 2. The number of carboxylic acid groups (broad SMARTS) is 1. The second kappa shape index (κ2) is 9.27. The maximum absolute atomic E-state index is 13.0. The highest BCUT2D eigenvalue weighted by molar-refractivity contribution is 8.03. The number of hydrogen-bond acceptors (Lipinski definition) is 7.